The Morgan fingerprint density at radius 3 is 2.55 bits per heavy atom. The molecular weight excluding hydrogens is 558 g/mol. The lowest BCUT2D eigenvalue weighted by Crippen LogP contribution is -2.70. The van der Waals surface area contributed by atoms with Crippen LogP contribution in [0.25, 0.3) is 0 Å². The van der Waals surface area contributed by atoms with E-state index in [0.717, 1.165) is 5.56 Å². The fourth-order valence-corrected chi connectivity index (χ4v) is 6.46. The standard InChI is InChI=1S/C26H29N5O7S2/c1-26(2,3)38-25(37)27-11-15-7-5-4-6-14(15)10-18(33)28-20-22(34)31-21(24(35)36)16(13-40-23(20)31)12-39-19-9-8-17(32)29-30-19/h4-9,20,23H,10-13H2,1-3H3,(H,27,37)(H,28,33)(H,29,32)(H,35,36)/t20?,23-/m1/s1. The third kappa shape index (κ3) is 7.04. The van der Waals surface area contributed by atoms with Gasteiger partial charge in [-0.3, -0.25) is 19.3 Å². The largest absolute Gasteiger partial charge is 0.477 e. The monoisotopic (exact) mass is 587 g/mol. The van der Waals surface area contributed by atoms with Gasteiger partial charge in [-0.15, -0.1) is 23.5 Å². The first-order valence-corrected chi connectivity index (χ1v) is 14.4. The van der Waals surface area contributed by atoms with E-state index in [2.05, 4.69) is 20.8 Å². The van der Waals surface area contributed by atoms with Crippen LogP contribution in [0.4, 0.5) is 4.79 Å². The van der Waals surface area contributed by atoms with Gasteiger partial charge in [-0.2, -0.15) is 5.10 Å². The number of alkyl carbamates (subject to hydrolysis) is 1. The molecule has 212 valence electrons. The molecule has 40 heavy (non-hydrogen) atoms. The minimum absolute atomic E-state index is 0.0248. The van der Waals surface area contributed by atoms with Crippen molar-refractivity contribution in [2.45, 2.75) is 55.8 Å². The molecule has 2 aliphatic heterocycles. The van der Waals surface area contributed by atoms with Crippen molar-refractivity contribution in [1.29, 1.82) is 0 Å². The maximum Gasteiger partial charge on any atom is 0.407 e. The Bertz CT molecular complexity index is 1400. The quantitative estimate of drug-likeness (QED) is 0.251. The highest BCUT2D eigenvalue weighted by atomic mass is 32.2. The van der Waals surface area contributed by atoms with Crippen LogP contribution in [0.1, 0.15) is 31.9 Å². The number of aliphatic carboxylic acids is 1. The molecule has 14 heteroatoms. The number of hydrogen-bond acceptors (Lipinski definition) is 9. The van der Waals surface area contributed by atoms with Crippen molar-refractivity contribution in [3.8, 4) is 0 Å². The first-order chi connectivity index (χ1) is 18.9. The number of carbonyl (C=O) groups excluding carboxylic acids is 3. The van der Waals surface area contributed by atoms with Crippen LogP contribution in [0.2, 0.25) is 0 Å². The van der Waals surface area contributed by atoms with E-state index < -0.39 is 40.9 Å². The summed E-state index contributed by atoms with van der Waals surface area (Å²) in [4.78, 5) is 62.4. The average Bonchev–Trinajstić information content (AvgIpc) is 2.89. The van der Waals surface area contributed by atoms with Gasteiger partial charge in [0.25, 0.3) is 11.5 Å². The number of benzene rings is 1. The van der Waals surface area contributed by atoms with E-state index in [1.807, 2.05) is 0 Å². The van der Waals surface area contributed by atoms with Crippen LogP contribution in [0, 0.1) is 0 Å². The van der Waals surface area contributed by atoms with Gasteiger partial charge in [0, 0.05) is 24.1 Å². The van der Waals surface area contributed by atoms with Crippen molar-refractivity contribution in [1.82, 2.24) is 25.7 Å². The Morgan fingerprint density at radius 1 is 1.18 bits per heavy atom. The zero-order valence-electron chi connectivity index (χ0n) is 22.1. The van der Waals surface area contributed by atoms with Crippen LogP contribution in [-0.2, 0) is 32.1 Å². The van der Waals surface area contributed by atoms with Crippen LogP contribution in [-0.4, -0.2) is 72.6 Å². The molecule has 0 saturated carbocycles. The van der Waals surface area contributed by atoms with Gasteiger partial charge < -0.3 is 20.5 Å². The number of nitrogens with one attached hydrogen (secondary N) is 3. The number of aromatic amines is 1. The number of fused-ring (bicyclic) bond motifs is 1. The number of carboxylic acids is 1. The molecule has 1 aromatic heterocycles. The van der Waals surface area contributed by atoms with Crippen molar-refractivity contribution >= 4 is 47.4 Å². The highest BCUT2D eigenvalue weighted by molar-refractivity contribution is 8.01. The summed E-state index contributed by atoms with van der Waals surface area (Å²) >= 11 is 2.63. The number of rotatable bonds is 9. The van der Waals surface area contributed by atoms with Gasteiger partial charge in [0.15, 0.2) is 0 Å². The molecule has 12 nitrogen and oxygen atoms in total. The summed E-state index contributed by atoms with van der Waals surface area (Å²) in [6.45, 7) is 5.45. The summed E-state index contributed by atoms with van der Waals surface area (Å²) < 4.78 is 5.26. The summed E-state index contributed by atoms with van der Waals surface area (Å²) in [5, 5.41) is 21.5. The fourth-order valence-electron chi connectivity index (χ4n) is 4.15. The normalized spacial score (nSPS) is 18.5. The van der Waals surface area contributed by atoms with E-state index in [9.17, 15) is 29.1 Å². The predicted octanol–water partition coefficient (Wildman–Crippen LogP) is 1.87. The molecule has 1 unspecified atom stereocenters. The van der Waals surface area contributed by atoms with E-state index in [-0.39, 0.29) is 30.0 Å². The molecule has 2 aliphatic rings. The van der Waals surface area contributed by atoms with Gasteiger partial charge >= 0.3 is 12.1 Å². The van der Waals surface area contributed by atoms with Crippen molar-refractivity contribution in [3.63, 3.8) is 0 Å². The van der Waals surface area contributed by atoms with Crippen molar-refractivity contribution in [2.24, 2.45) is 0 Å². The number of H-pyrrole nitrogens is 1. The highest BCUT2D eigenvalue weighted by Gasteiger charge is 2.54. The number of aromatic nitrogens is 2. The SMILES string of the molecule is CC(C)(C)OC(=O)NCc1ccccc1CC(=O)NC1C(=O)N2C(C(=O)O)=C(CSc3ccc(=O)[nH]n3)CS[C@H]12. The lowest BCUT2D eigenvalue weighted by molar-refractivity contribution is -0.150. The fraction of sp³-hybridized carbons (Fsp3) is 0.385. The lowest BCUT2D eigenvalue weighted by Gasteiger charge is -2.49. The molecule has 3 amide bonds. The minimum atomic E-state index is -1.22. The van der Waals surface area contributed by atoms with E-state index in [1.54, 1.807) is 45.0 Å². The number of β-lactam (4-membered cyclic amide) rings is 1. The number of hydrogen-bond donors (Lipinski definition) is 4. The lowest BCUT2D eigenvalue weighted by atomic mass is 10.0. The zero-order chi connectivity index (χ0) is 29.0. The summed E-state index contributed by atoms with van der Waals surface area (Å²) in [5.74, 6) is -1.48. The van der Waals surface area contributed by atoms with E-state index in [4.69, 9.17) is 4.74 Å². The number of thioether (sulfide) groups is 2. The molecule has 0 spiro atoms. The van der Waals surface area contributed by atoms with E-state index >= 15 is 0 Å². The Hall–Kier alpha value is -3.78. The molecule has 0 aliphatic carbocycles. The highest BCUT2D eigenvalue weighted by Crippen LogP contribution is 2.41. The molecule has 2 atom stereocenters. The average molecular weight is 588 g/mol. The molecule has 0 radical (unpaired) electrons. The smallest absolute Gasteiger partial charge is 0.407 e. The second-order valence-corrected chi connectivity index (χ2v) is 12.2. The Labute approximate surface area is 238 Å². The van der Waals surface area contributed by atoms with Crippen molar-refractivity contribution < 1.29 is 29.0 Å². The first kappa shape index (κ1) is 29.2. The summed E-state index contributed by atoms with van der Waals surface area (Å²) in [5.41, 5.74) is 0.890. The number of carbonyl (C=O) groups is 4. The number of carboxylic acid groups (broad SMARTS) is 1. The van der Waals surface area contributed by atoms with Gasteiger partial charge in [0.1, 0.15) is 27.7 Å². The van der Waals surface area contributed by atoms with Crippen LogP contribution >= 0.6 is 23.5 Å². The minimum Gasteiger partial charge on any atom is -0.477 e. The predicted molar refractivity (Wildman–Crippen MR) is 148 cm³/mol. The first-order valence-electron chi connectivity index (χ1n) is 12.3. The molecule has 3 heterocycles. The van der Waals surface area contributed by atoms with E-state index in [1.165, 1.54) is 40.6 Å². The molecule has 1 aromatic carbocycles. The van der Waals surface area contributed by atoms with Gasteiger partial charge in [-0.05, 0) is 43.5 Å². The molecule has 2 aromatic rings. The Balaban J connectivity index is 1.37. The van der Waals surface area contributed by atoms with Crippen LogP contribution < -0.4 is 16.2 Å². The van der Waals surface area contributed by atoms with Crippen molar-refractivity contribution in [2.75, 3.05) is 11.5 Å². The molecule has 1 saturated heterocycles. The van der Waals surface area contributed by atoms with Gasteiger partial charge in [0.2, 0.25) is 5.91 Å². The molecule has 1 fully saturated rings. The van der Waals surface area contributed by atoms with Crippen LogP contribution in [0.3, 0.4) is 0 Å². The zero-order valence-corrected chi connectivity index (χ0v) is 23.7. The maximum absolute atomic E-state index is 13.0. The number of amides is 3. The third-order valence-corrected chi connectivity index (χ3v) is 8.26. The molecule has 0 bridgehead atoms. The Kier molecular flexibility index (Phi) is 8.88. The summed E-state index contributed by atoms with van der Waals surface area (Å²) in [7, 11) is 0. The van der Waals surface area contributed by atoms with Gasteiger partial charge in [-0.1, -0.05) is 24.3 Å². The molecule has 4 rings (SSSR count). The van der Waals surface area contributed by atoms with Crippen molar-refractivity contribution in [3.05, 3.63) is 69.1 Å². The third-order valence-electron chi connectivity index (χ3n) is 5.91. The molecule has 4 N–H and O–H groups in total. The van der Waals surface area contributed by atoms with Gasteiger partial charge in [-0.25, -0.2) is 14.7 Å². The maximum atomic E-state index is 13.0. The summed E-state index contributed by atoms with van der Waals surface area (Å²) in [6.07, 6.45) is -0.598. The number of ether oxygens (including phenoxy) is 1. The molecular formula is C26H29N5O7S2. The van der Waals surface area contributed by atoms with Crippen LogP contribution in [0.15, 0.2) is 57.5 Å². The van der Waals surface area contributed by atoms with Gasteiger partial charge in [0.05, 0.1) is 6.42 Å². The number of nitrogens with zero attached hydrogens (tertiary/aromatic N) is 2. The topological polar surface area (TPSA) is 171 Å². The van der Waals surface area contributed by atoms with E-state index in [0.29, 0.717) is 21.9 Å². The Morgan fingerprint density at radius 2 is 1.90 bits per heavy atom. The van der Waals surface area contributed by atoms with Crippen LogP contribution in [0.5, 0.6) is 0 Å². The second-order valence-electron chi connectivity index (χ2n) is 10.1. The second kappa shape index (κ2) is 12.2. The summed E-state index contributed by atoms with van der Waals surface area (Å²) in [6, 6.07) is 9.14.